The van der Waals surface area contributed by atoms with Crippen LogP contribution in [0.25, 0.3) is 0 Å². The van der Waals surface area contributed by atoms with E-state index in [0.29, 0.717) is 23.7 Å². The molecule has 1 aliphatic heterocycles. The van der Waals surface area contributed by atoms with E-state index in [1.165, 1.54) is 17.4 Å². The molecule has 2 aromatic rings. The molecule has 0 saturated carbocycles. The highest BCUT2D eigenvalue weighted by atomic mass is 32.2. The molecule has 0 unspecified atom stereocenters. The Morgan fingerprint density at radius 2 is 1.80 bits per heavy atom. The Labute approximate surface area is 152 Å². The van der Waals surface area contributed by atoms with Gasteiger partial charge in [0.15, 0.2) is 0 Å². The zero-order valence-electron chi connectivity index (χ0n) is 14.3. The van der Waals surface area contributed by atoms with E-state index in [9.17, 15) is 12.8 Å². The maximum absolute atomic E-state index is 13.6. The van der Waals surface area contributed by atoms with Crippen LogP contribution in [0, 0.1) is 12.7 Å². The number of rotatable bonds is 6. The number of piperazine rings is 1. The van der Waals surface area contributed by atoms with Gasteiger partial charge in [-0.3, -0.25) is 0 Å². The van der Waals surface area contributed by atoms with Gasteiger partial charge in [-0.25, -0.2) is 12.8 Å². The lowest BCUT2D eigenvalue weighted by atomic mass is 10.1. The molecule has 0 spiro atoms. The first-order valence-electron chi connectivity index (χ1n) is 8.49. The highest BCUT2D eigenvalue weighted by Crippen LogP contribution is 2.25. The van der Waals surface area contributed by atoms with E-state index in [-0.39, 0.29) is 5.82 Å². The van der Waals surface area contributed by atoms with Crippen molar-refractivity contribution in [1.82, 2.24) is 9.21 Å². The zero-order valence-corrected chi connectivity index (χ0v) is 16.0. The third kappa shape index (κ3) is 4.47. The van der Waals surface area contributed by atoms with Crippen LogP contribution in [0.4, 0.5) is 4.39 Å². The maximum atomic E-state index is 13.6. The van der Waals surface area contributed by atoms with Gasteiger partial charge >= 0.3 is 0 Å². The minimum absolute atomic E-state index is 0.148. The van der Waals surface area contributed by atoms with Crippen molar-refractivity contribution in [2.24, 2.45) is 0 Å². The summed E-state index contributed by atoms with van der Waals surface area (Å²) in [7, 11) is -3.36. The van der Waals surface area contributed by atoms with Crippen molar-refractivity contribution in [2.75, 3.05) is 32.7 Å². The van der Waals surface area contributed by atoms with Crippen LogP contribution in [0.15, 0.2) is 40.6 Å². The quantitative estimate of drug-likeness (QED) is 0.771. The third-order valence-corrected chi connectivity index (χ3v) is 7.89. The van der Waals surface area contributed by atoms with Gasteiger partial charge in [-0.2, -0.15) is 4.31 Å². The number of benzene rings is 1. The van der Waals surface area contributed by atoms with Gasteiger partial charge in [-0.1, -0.05) is 18.2 Å². The van der Waals surface area contributed by atoms with Crippen molar-refractivity contribution in [3.05, 3.63) is 52.7 Å². The number of thiophene rings is 1. The van der Waals surface area contributed by atoms with Crippen molar-refractivity contribution in [1.29, 1.82) is 0 Å². The standard InChI is InChI=1S/C18H23FN2O2S2/c1-15-8-9-18(24-15)25(22,23)21-13-11-20(12-14-21)10-4-6-16-5-2-3-7-17(16)19/h2-3,5,7-9H,4,6,10-14H2,1H3. The second-order valence-electron chi connectivity index (χ2n) is 6.31. The minimum Gasteiger partial charge on any atom is -0.301 e. The molecule has 1 aliphatic rings. The molecule has 0 atom stereocenters. The molecule has 1 aromatic heterocycles. The van der Waals surface area contributed by atoms with Crippen LogP contribution in [-0.2, 0) is 16.4 Å². The summed E-state index contributed by atoms with van der Waals surface area (Å²) in [6.45, 7) is 5.25. The number of halogens is 1. The van der Waals surface area contributed by atoms with Crippen LogP contribution in [0.1, 0.15) is 16.9 Å². The Morgan fingerprint density at radius 3 is 2.44 bits per heavy atom. The molecule has 0 radical (unpaired) electrons. The average Bonchev–Trinajstić information content (AvgIpc) is 3.04. The molecule has 136 valence electrons. The summed E-state index contributed by atoms with van der Waals surface area (Å²) in [4.78, 5) is 3.26. The van der Waals surface area contributed by atoms with Gasteiger partial charge in [0, 0.05) is 31.1 Å². The zero-order chi connectivity index (χ0) is 17.9. The van der Waals surface area contributed by atoms with E-state index in [0.717, 1.165) is 36.5 Å². The van der Waals surface area contributed by atoms with E-state index in [1.807, 2.05) is 25.1 Å². The molecule has 2 heterocycles. The van der Waals surface area contributed by atoms with Gasteiger partial charge in [-0.05, 0) is 50.1 Å². The highest BCUT2D eigenvalue weighted by Gasteiger charge is 2.29. The average molecular weight is 383 g/mol. The fourth-order valence-electron chi connectivity index (χ4n) is 3.07. The van der Waals surface area contributed by atoms with Gasteiger partial charge in [0.25, 0.3) is 10.0 Å². The first kappa shape index (κ1) is 18.5. The molecule has 0 aliphatic carbocycles. The number of hydrogen-bond acceptors (Lipinski definition) is 4. The van der Waals surface area contributed by atoms with E-state index < -0.39 is 10.0 Å². The Balaban J connectivity index is 1.48. The summed E-state index contributed by atoms with van der Waals surface area (Å²) in [5.74, 6) is -0.148. The number of aryl methyl sites for hydroxylation is 2. The smallest absolute Gasteiger partial charge is 0.252 e. The predicted molar refractivity (Wildman–Crippen MR) is 99.0 cm³/mol. The molecule has 0 bridgehead atoms. The lowest BCUT2D eigenvalue weighted by molar-refractivity contribution is 0.187. The Kier molecular flexibility index (Phi) is 5.89. The molecule has 1 fully saturated rings. The summed E-state index contributed by atoms with van der Waals surface area (Å²) in [6, 6.07) is 10.4. The molecule has 0 amide bonds. The fraction of sp³-hybridized carbons (Fsp3) is 0.444. The normalized spacial score (nSPS) is 17.0. The SMILES string of the molecule is Cc1ccc(S(=O)(=O)N2CCN(CCCc3ccccc3F)CC2)s1. The second-order valence-corrected chi connectivity index (χ2v) is 9.76. The molecular weight excluding hydrogens is 359 g/mol. The van der Waals surface area contributed by atoms with E-state index in [1.54, 1.807) is 16.4 Å². The van der Waals surface area contributed by atoms with Crippen LogP contribution < -0.4 is 0 Å². The number of nitrogens with zero attached hydrogens (tertiary/aromatic N) is 2. The molecule has 7 heteroatoms. The predicted octanol–water partition coefficient (Wildman–Crippen LogP) is 3.13. The van der Waals surface area contributed by atoms with E-state index in [2.05, 4.69) is 4.90 Å². The molecule has 4 nitrogen and oxygen atoms in total. The first-order chi connectivity index (χ1) is 12.0. The molecular formula is C18H23FN2O2S2. The Bertz CT molecular complexity index is 812. The number of hydrogen-bond donors (Lipinski definition) is 0. The second kappa shape index (κ2) is 7.95. The largest absolute Gasteiger partial charge is 0.301 e. The summed E-state index contributed by atoms with van der Waals surface area (Å²) in [6.07, 6.45) is 1.58. The summed E-state index contributed by atoms with van der Waals surface area (Å²) in [5.41, 5.74) is 0.747. The Morgan fingerprint density at radius 1 is 1.08 bits per heavy atom. The molecule has 0 N–H and O–H groups in total. The van der Waals surface area contributed by atoms with Gasteiger partial charge in [0.1, 0.15) is 10.0 Å². The van der Waals surface area contributed by atoms with Gasteiger partial charge in [-0.15, -0.1) is 11.3 Å². The lowest BCUT2D eigenvalue weighted by Gasteiger charge is -2.33. The number of sulfonamides is 1. The summed E-state index contributed by atoms with van der Waals surface area (Å²) < 4.78 is 40.9. The van der Waals surface area contributed by atoms with Crippen molar-refractivity contribution in [3.8, 4) is 0 Å². The van der Waals surface area contributed by atoms with Gasteiger partial charge < -0.3 is 4.90 Å². The van der Waals surface area contributed by atoms with Crippen molar-refractivity contribution >= 4 is 21.4 Å². The van der Waals surface area contributed by atoms with Gasteiger partial charge in [0.05, 0.1) is 0 Å². The van der Waals surface area contributed by atoms with Crippen LogP contribution in [0.5, 0.6) is 0 Å². The molecule has 1 aromatic carbocycles. The van der Waals surface area contributed by atoms with Crippen molar-refractivity contribution in [2.45, 2.75) is 24.0 Å². The van der Waals surface area contributed by atoms with Crippen molar-refractivity contribution in [3.63, 3.8) is 0 Å². The first-order valence-corrected chi connectivity index (χ1v) is 10.7. The van der Waals surface area contributed by atoms with Gasteiger partial charge in [0.2, 0.25) is 0 Å². The summed E-state index contributed by atoms with van der Waals surface area (Å²) >= 11 is 1.32. The van der Waals surface area contributed by atoms with Crippen LogP contribution in [0.3, 0.4) is 0 Å². The van der Waals surface area contributed by atoms with Crippen LogP contribution in [0.2, 0.25) is 0 Å². The van der Waals surface area contributed by atoms with Crippen LogP contribution in [-0.4, -0.2) is 50.3 Å². The van der Waals surface area contributed by atoms with E-state index >= 15 is 0 Å². The molecule has 1 saturated heterocycles. The molecule has 3 rings (SSSR count). The van der Waals surface area contributed by atoms with E-state index in [4.69, 9.17) is 0 Å². The monoisotopic (exact) mass is 382 g/mol. The Hall–Kier alpha value is -1.28. The highest BCUT2D eigenvalue weighted by molar-refractivity contribution is 7.91. The third-order valence-electron chi connectivity index (χ3n) is 4.52. The topological polar surface area (TPSA) is 40.6 Å². The fourth-order valence-corrected chi connectivity index (χ4v) is 5.93. The summed E-state index contributed by atoms with van der Waals surface area (Å²) in [5, 5.41) is 0. The van der Waals surface area contributed by atoms with Crippen molar-refractivity contribution < 1.29 is 12.8 Å². The van der Waals surface area contributed by atoms with Crippen LogP contribution >= 0.6 is 11.3 Å². The molecule has 25 heavy (non-hydrogen) atoms. The minimum atomic E-state index is -3.36. The maximum Gasteiger partial charge on any atom is 0.252 e. The lowest BCUT2D eigenvalue weighted by Crippen LogP contribution is -2.48.